The Labute approximate surface area is 270 Å². The molecule has 0 radical (unpaired) electrons. The number of rotatable bonds is 29. The molecule has 0 aromatic rings. The molecule has 2 unspecified atom stereocenters. The average Bonchev–Trinajstić information content (AvgIpc) is 2.98. The lowest BCUT2D eigenvalue weighted by Gasteiger charge is -2.21. The number of nitrogens with one attached hydrogen (secondary N) is 1. The van der Waals surface area contributed by atoms with Crippen molar-refractivity contribution < 1.29 is 22.9 Å². The highest BCUT2D eigenvalue weighted by atomic mass is 32.2. The number of hydrogen-bond acceptors (Lipinski definition) is 4. The number of amides is 1. The fraction of sp³-hybridized carbons (Fsp3) is 0.649. The van der Waals surface area contributed by atoms with Crippen LogP contribution in [0.4, 0.5) is 0 Å². The summed E-state index contributed by atoms with van der Waals surface area (Å²) in [6.45, 7) is 4.37. The molecule has 0 aromatic heterocycles. The zero-order valence-electron chi connectivity index (χ0n) is 27.8. The lowest BCUT2D eigenvalue weighted by Crippen LogP contribution is -2.46. The number of aliphatic hydroxyl groups is 1. The number of aliphatic hydroxyl groups excluding tert-OH is 1. The van der Waals surface area contributed by atoms with E-state index in [1.807, 2.05) is 0 Å². The van der Waals surface area contributed by atoms with Crippen LogP contribution >= 0.6 is 0 Å². The first-order valence-corrected chi connectivity index (χ1v) is 18.7. The Kier molecular flexibility index (Phi) is 29.2. The molecule has 0 bridgehead atoms. The van der Waals surface area contributed by atoms with E-state index < -0.39 is 28.0 Å². The Bertz CT molecular complexity index is 962. The SMILES string of the molecule is CC/C=C\C/C=C\C/C=C\C/C=C\CCCCC(=O)NC(CS(=O)(=O)O)C(O)/C=C/CC/C=C/CCCCCCCCCC. The summed E-state index contributed by atoms with van der Waals surface area (Å²) in [7, 11) is -4.36. The van der Waals surface area contributed by atoms with Crippen molar-refractivity contribution in [3.8, 4) is 0 Å². The van der Waals surface area contributed by atoms with Gasteiger partial charge < -0.3 is 10.4 Å². The molecule has 0 aromatic carbocycles. The van der Waals surface area contributed by atoms with Crippen molar-refractivity contribution in [2.24, 2.45) is 0 Å². The molecule has 3 N–H and O–H groups in total. The highest BCUT2D eigenvalue weighted by Gasteiger charge is 2.24. The maximum Gasteiger partial charge on any atom is 0.267 e. The molecule has 7 heteroatoms. The zero-order valence-corrected chi connectivity index (χ0v) is 28.6. The van der Waals surface area contributed by atoms with Gasteiger partial charge in [-0.15, -0.1) is 0 Å². The molecular formula is C37H63NO5S. The standard InChI is InChI=1S/C37H63NO5S/c1-3-5-7-9-11-13-15-17-19-21-23-25-27-29-31-33-37(40)38-35(34-44(41,42)43)36(39)32-30-28-26-24-22-20-18-16-14-12-10-8-6-4-2/h5,7,11,13,17,19,22-25,30,32,35-36,39H,3-4,6,8-10,12,14-16,18,20-21,26-29,31,33-34H2,1-2H3,(H,38,40)(H,41,42,43)/b7-5-,13-11-,19-17-,24-22+,25-23-,32-30+. The van der Waals surface area contributed by atoms with Gasteiger partial charge in [0.15, 0.2) is 0 Å². The quantitative estimate of drug-likeness (QED) is 0.0432. The van der Waals surface area contributed by atoms with Gasteiger partial charge in [-0.25, -0.2) is 0 Å². The maximum atomic E-state index is 12.4. The predicted molar refractivity (Wildman–Crippen MR) is 188 cm³/mol. The minimum Gasteiger partial charge on any atom is -0.387 e. The fourth-order valence-electron chi connectivity index (χ4n) is 4.57. The van der Waals surface area contributed by atoms with Crippen LogP contribution in [0.2, 0.25) is 0 Å². The van der Waals surface area contributed by atoms with E-state index in [-0.39, 0.29) is 12.3 Å². The van der Waals surface area contributed by atoms with Crippen LogP contribution < -0.4 is 5.32 Å². The number of hydrogen-bond donors (Lipinski definition) is 3. The second-order valence-electron chi connectivity index (χ2n) is 11.4. The second-order valence-corrected chi connectivity index (χ2v) is 12.9. The molecule has 252 valence electrons. The molecule has 2 atom stereocenters. The summed E-state index contributed by atoms with van der Waals surface area (Å²) in [5.41, 5.74) is 0. The summed E-state index contributed by atoms with van der Waals surface area (Å²) in [6, 6.07) is -1.10. The van der Waals surface area contributed by atoms with Gasteiger partial charge in [-0.3, -0.25) is 9.35 Å². The molecule has 1 amide bonds. The first kappa shape index (κ1) is 41.8. The average molecular weight is 634 g/mol. The van der Waals surface area contributed by atoms with E-state index in [4.69, 9.17) is 0 Å². The van der Waals surface area contributed by atoms with Gasteiger partial charge in [0, 0.05) is 6.42 Å². The number of unbranched alkanes of at least 4 members (excludes halogenated alkanes) is 11. The largest absolute Gasteiger partial charge is 0.387 e. The molecule has 44 heavy (non-hydrogen) atoms. The van der Waals surface area contributed by atoms with Gasteiger partial charge in [-0.05, 0) is 70.6 Å². The topological polar surface area (TPSA) is 104 Å². The highest BCUT2D eigenvalue weighted by Crippen LogP contribution is 2.10. The van der Waals surface area contributed by atoms with Gasteiger partial charge in [0.25, 0.3) is 10.1 Å². The van der Waals surface area contributed by atoms with Crippen LogP contribution in [-0.2, 0) is 14.9 Å². The van der Waals surface area contributed by atoms with Gasteiger partial charge in [-0.2, -0.15) is 8.42 Å². The van der Waals surface area contributed by atoms with Crippen LogP contribution in [0.3, 0.4) is 0 Å². The lowest BCUT2D eigenvalue weighted by molar-refractivity contribution is -0.122. The van der Waals surface area contributed by atoms with E-state index >= 15 is 0 Å². The fourth-order valence-corrected chi connectivity index (χ4v) is 5.31. The van der Waals surface area contributed by atoms with Crippen LogP contribution in [0.25, 0.3) is 0 Å². The van der Waals surface area contributed by atoms with Crippen molar-refractivity contribution in [3.05, 3.63) is 72.9 Å². The van der Waals surface area contributed by atoms with Crippen LogP contribution in [0.5, 0.6) is 0 Å². The Morgan fingerprint density at radius 3 is 1.70 bits per heavy atom. The molecule has 0 fully saturated rings. The van der Waals surface area contributed by atoms with Gasteiger partial charge in [0.1, 0.15) is 0 Å². The van der Waals surface area contributed by atoms with Crippen LogP contribution in [0.15, 0.2) is 72.9 Å². The third kappa shape index (κ3) is 31.2. The minimum atomic E-state index is -4.36. The van der Waals surface area contributed by atoms with E-state index in [1.54, 1.807) is 6.08 Å². The van der Waals surface area contributed by atoms with Gasteiger partial charge in [0.2, 0.25) is 5.91 Å². The molecule has 0 rings (SSSR count). The summed E-state index contributed by atoms with van der Waals surface area (Å²) in [5, 5.41) is 13.1. The van der Waals surface area contributed by atoms with E-state index in [2.05, 4.69) is 79.9 Å². The van der Waals surface area contributed by atoms with Gasteiger partial charge in [-0.1, -0.05) is 132 Å². The smallest absolute Gasteiger partial charge is 0.267 e. The van der Waals surface area contributed by atoms with Gasteiger partial charge >= 0.3 is 0 Å². The molecule has 6 nitrogen and oxygen atoms in total. The number of allylic oxidation sites excluding steroid dienone is 11. The maximum absolute atomic E-state index is 12.4. The molecule has 0 spiro atoms. The first-order chi connectivity index (χ1) is 21.3. The summed E-state index contributed by atoms with van der Waals surface area (Å²) < 4.78 is 32.3. The second kappa shape index (κ2) is 30.8. The van der Waals surface area contributed by atoms with E-state index in [0.29, 0.717) is 12.8 Å². The molecule has 0 heterocycles. The monoisotopic (exact) mass is 633 g/mol. The molecule has 0 saturated heterocycles. The van der Waals surface area contributed by atoms with Crippen LogP contribution in [-0.4, -0.2) is 41.9 Å². The first-order valence-electron chi connectivity index (χ1n) is 17.1. The van der Waals surface area contributed by atoms with Crippen molar-refractivity contribution in [2.75, 3.05) is 5.75 Å². The Balaban J connectivity index is 4.19. The van der Waals surface area contributed by atoms with E-state index in [9.17, 15) is 22.9 Å². The summed E-state index contributed by atoms with van der Waals surface area (Å²) in [4.78, 5) is 12.4. The van der Waals surface area contributed by atoms with E-state index in [1.165, 1.54) is 57.4 Å². The van der Waals surface area contributed by atoms with Crippen LogP contribution in [0.1, 0.15) is 136 Å². The highest BCUT2D eigenvalue weighted by molar-refractivity contribution is 7.85. The zero-order chi connectivity index (χ0) is 32.6. The molecule has 0 aliphatic carbocycles. The van der Waals surface area contributed by atoms with E-state index in [0.717, 1.165) is 51.4 Å². The third-order valence-electron chi connectivity index (χ3n) is 7.12. The molecule has 0 aliphatic rings. The van der Waals surface area contributed by atoms with Crippen molar-refractivity contribution in [3.63, 3.8) is 0 Å². The summed E-state index contributed by atoms with van der Waals surface area (Å²) in [5.74, 6) is -1.06. The summed E-state index contributed by atoms with van der Waals surface area (Å²) in [6.07, 6.45) is 43.1. The Hall–Kier alpha value is -2.22. The lowest BCUT2D eigenvalue weighted by atomic mass is 10.1. The molecule has 0 saturated carbocycles. The van der Waals surface area contributed by atoms with Crippen molar-refractivity contribution in [1.82, 2.24) is 5.32 Å². The van der Waals surface area contributed by atoms with Crippen LogP contribution in [0, 0.1) is 0 Å². The normalized spacial score (nSPS) is 14.4. The van der Waals surface area contributed by atoms with Crippen molar-refractivity contribution in [1.29, 1.82) is 0 Å². The predicted octanol–water partition coefficient (Wildman–Crippen LogP) is 9.51. The molecular weight excluding hydrogens is 570 g/mol. The number of carbonyl (C=O) groups is 1. The Morgan fingerprint density at radius 2 is 1.11 bits per heavy atom. The third-order valence-corrected chi connectivity index (χ3v) is 7.90. The van der Waals surface area contributed by atoms with Gasteiger partial charge in [0.05, 0.1) is 17.9 Å². The van der Waals surface area contributed by atoms with Crippen molar-refractivity contribution >= 4 is 16.0 Å². The molecule has 0 aliphatic heterocycles. The van der Waals surface area contributed by atoms with Crippen molar-refractivity contribution in [2.45, 2.75) is 148 Å². The Morgan fingerprint density at radius 1 is 0.636 bits per heavy atom. The summed E-state index contributed by atoms with van der Waals surface area (Å²) >= 11 is 0. The number of carbonyl (C=O) groups excluding carboxylic acids is 1. The minimum absolute atomic E-state index is 0.232.